The summed E-state index contributed by atoms with van der Waals surface area (Å²) in [5.41, 5.74) is 8.76. The number of benzene rings is 2. The number of H-pyrrole nitrogens is 1. The Balaban J connectivity index is 1.76. The number of nitrogens with one attached hydrogen (secondary N) is 1. The Bertz CT molecular complexity index is 1170. The average molecular weight is 423 g/mol. The van der Waals surface area contributed by atoms with Crippen molar-refractivity contribution < 1.29 is 9.59 Å². The highest BCUT2D eigenvalue weighted by atomic mass is 35.5. The zero-order valence-electron chi connectivity index (χ0n) is 17.0. The standard InChI is InChI=1S/C23H23ClN4O2/c1-12-4-5-13(2)28(12)23(30)15-6-8-17(21(25)29)18(10-15)14(3)22-26-19-9-7-16(24)11-20(19)27-22/h4-14H,1-3H3,(H2,25,29)(H,26,27). The van der Waals surface area contributed by atoms with Gasteiger partial charge in [0.1, 0.15) is 5.82 Å². The molecule has 3 atom stereocenters. The number of halogens is 1. The van der Waals surface area contributed by atoms with Crippen molar-refractivity contribution in [1.82, 2.24) is 14.9 Å². The first-order valence-corrected chi connectivity index (χ1v) is 10.2. The minimum Gasteiger partial charge on any atom is -0.366 e. The maximum Gasteiger partial charge on any atom is 0.254 e. The SMILES string of the molecule is CC(c1nc2ccc(Cl)cc2[nH]1)c1cc(C(=O)N2C(C)C=CC2C)ccc1C(N)=O. The van der Waals surface area contributed by atoms with Gasteiger partial charge >= 0.3 is 0 Å². The molecule has 1 aliphatic heterocycles. The quantitative estimate of drug-likeness (QED) is 0.615. The molecule has 1 aliphatic rings. The van der Waals surface area contributed by atoms with Crippen LogP contribution in [-0.4, -0.2) is 38.8 Å². The summed E-state index contributed by atoms with van der Waals surface area (Å²) in [7, 11) is 0. The Morgan fingerprint density at radius 2 is 1.83 bits per heavy atom. The normalized spacial score (nSPS) is 19.4. The van der Waals surface area contributed by atoms with Gasteiger partial charge in [0.05, 0.1) is 11.0 Å². The Morgan fingerprint density at radius 1 is 1.13 bits per heavy atom. The monoisotopic (exact) mass is 422 g/mol. The van der Waals surface area contributed by atoms with Crippen LogP contribution in [-0.2, 0) is 0 Å². The molecule has 7 heteroatoms. The number of hydrogen-bond acceptors (Lipinski definition) is 3. The first-order valence-electron chi connectivity index (χ1n) is 9.86. The molecule has 3 unspecified atom stereocenters. The van der Waals surface area contributed by atoms with Crippen molar-refractivity contribution in [3.05, 3.63) is 76.1 Å². The zero-order chi connectivity index (χ0) is 21.6. The molecule has 2 amide bonds. The maximum absolute atomic E-state index is 13.2. The second-order valence-electron chi connectivity index (χ2n) is 7.75. The van der Waals surface area contributed by atoms with Crippen LogP contribution in [0.25, 0.3) is 11.0 Å². The Morgan fingerprint density at radius 3 is 2.50 bits per heavy atom. The molecule has 0 aliphatic carbocycles. The van der Waals surface area contributed by atoms with Crippen molar-refractivity contribution in [2.75, 3.05) is 0 Å². The lowest BCUT2D eigenvalue weighted by Crippen LogP contribution is -2.39. The van der Waals surface area contributed by atoms with Crippen LogP contribution in [0.4, 0.5) is 0 Å². The number of rotatable bonds is 4. The van der Waals surface area contributed by atoms with Gasteiger partial charge in [-0.3, -0.25) is 9.59 Å². The van der Waals surface area contributed by atoms with E-state index in [1.165, 1.54) is 0 Å². The molecule has 4 rings (SSSR count). The molecular formula is C23H23ClN4O2. The number of amides is 2. The lowest BCUT2D eigenvalue weighted by molar-refractivity contribution is 0.0709. The fourth-order valence-corrected chi connectivity index (χ4v) is 4.20. The van der Waals surface area contributed by atoms with Gasteiger partial charge in [0.2, 0.25) is 5.91 Å². The molecule has 0 spiro atoms. The van der Waals surface area contributed by atoms with Crippen LogP contribution in [0.15, 0.2) is 48.6 Å². The highest BCUT2D eigenvalue weighted by molar-refractivity contribution is 6.31. The number of carbonyl (C=O) groups excluding carboxylic acids is 2. The lowest BCUT2D eigenvalue weighted by atomic mass is 9.92. The number of carbonyl (C=O) groups is 2. The molecule has 154 valence electrons. The fraction of sp³-hybridized carbons (Fsp3) is 0.261. The molecule has 6 nitrogen and oxygen atoms in total. The molecule has 0 fully saturated rings. The molecule has 3 N–H and O–H groups in total. The molecule has 2 aromatic carbocycles. The summed E-state index contributed by atoms with van der Waals surface area (Å²) in [5, 5.41) is 0.609. The summed E-state index contributed by atoms with van der Waals surface area (Å²) in [5.74, 6) is -0.234. The molecule has 30 heavy (non-hydrogen) atoms. The Labute approximate surface area is 179 Å². The number of aromatic nitrogens is 2. The van der Waals surface area contributed by atoms with Crippen LogP contribution in [0, 0.1) is 0 Å². The summed E-state index contributed by atoms with van der Waals surface area (Å²) in [6.45, 7) is 5.90. The molecule has 0 saturated heterocycles. The van der Waals surface area contributed by atoms with Gasteiger partial charge in [0.15, 0.2) is 0 Å². The summed E-state index contributed by atoms with van der Waals surface area (Å²) in [6, 6.07) is 10.5. The molecule has 0 radical (unpaired) electrons. The van der Waals surface area contributed by atoms with Crippen LogP contribution >= 0.6 is 11.6 Å². The van der Waals surface area contributed by atoms with E-state index in [0.29, 0.717) is 27.5 Å². The number of primary amides is 1. The van der Waals surface area contributed by atoms with E-state index in [0.717, 1.165) is 11.0 Å². The first kappa shape index (κ1) is 20.2. The van der Waals surface area contributed by atoms with E-state index >= 15 is 0 Å². The summed E-state index contributed by atoms with van der Waals surface area (Å²) in [4.78, 5) is 35.0. The molecule has 0 bridgehead atoms. The van der Waals surface area contributed by atoms with E-state index in [1.807, 2.05) is 43.9 Å². The second-order valence-corrected chi connectivity index (χ2v) is 8.19. The molecular weight excluding hydrogens is 400 g/mol. The van der Waals surface area contributed by atoms with Gasteiger partial charge < -0.3 is 15.6 Å². The molecule has 2 heterocycles. The van der Waals surface area contributed by atoms with E-state index in [9.17, 15) is 9.59 Å². The largest absolute Gasteiger partial charge is 0.366 e. The highest BCUT2D eigenvalue weighted by Crippen LogP contribution is 2.30. The van der Waals surface area contributed by atoms with E-state index in [4.69, 9.17) is 17.3 Å². The van der Waals surface area contributed by atoms with Crippen LogP contribution in [0.2, 0.25) is 5.02 Å². The van der Waals surface area contributed by atoms with Gasteiger partial charge in [-0.1, -0.05) is 30.7 Å². The van der Waals surface area contributed by atoms with E-state index in [2.05, 4.69) is 9.97 Å². The van der Waals surface area contributed by atoms with Crippen molar-refractivity contribution in [2.45, 2.75) is 38.8 Å². The van der Waals surface area contributed by atoms with Crippen molar-refractivity contribution in [3.8, 4) is 0 Å². The fourth-order valence-electron chi connectivity index (χ4n) is 4.03. The third kappa shape index (κ3) is 3.48. The summed E-state index contributed by atoms with van der Waals surface area (Å²) < 4.78 is 0. The van der Waals surface area contributed by atoms with Gasteiger partial charge in [-0.15, -0.1) is 0 Å². The Kier molecular flexibility index (Phi) is 5.12. The third-order valence-corrected chi connectivity index (χ3v) is 5.92. The minimum absolute atomic E-state index is 0.0179. The lowest BCUT2D eigenvalue weighted by Gasteiger charge is -2.27. The van der Waals surface area contributed by atoms with E-state index < -0.39 is 5.91 Å². The number of aromatic amines is 1. The highest BCUT2D eigenvalue weighted by Gasteiger charge is 2.29. The first-order chi connectivity index (χ1) is 14.3. The number of hydrogen-bond donors (Lipinski definition) is 2. The van der Waals surface area contributed by atoms with Gasteiger partial charge in [-0.05, 0) is 55.8 Å². The minimum atomic E-state index is -0.542. The number of fused-ring (bicyclic) bond motifs is 1. The number of imidazole rings is 1. The predicted molar refractivity (Wildman–Crippen MR) is 118 cm³/mol. The average Bonchev–Trinajstić information content (AvgIpc) is 3.28. The summed E-state index contributed by atoms with van der Waals surface area (Å²) >= 11 is 6.08. The van der Waals surface area contributed by atoms with Crippen molar-refractivity contribution in [3.63, 3.8) is 0 Å². The molecule has 1 aromatic heterocycles. The topological polar surface area (TPSA) is 92.1 Å². The zero-order valence-corrected chi connectivity index (χ0v) is 17.8. The smallest absolute Gasteiger partial charge is 0.254 e. The third-order valence-electron chi connectivity index (χ3n) is 5.68. The predicted octanol–water partition coefficient (Wildman–Crippen LogP) is 4.26. The van der Waals surface area contributed by atoms with Gasteiger partial charge in [0, 0.05) is 34.2 Å². The maximum atomic E-state index is 13.2. The van der Waals surface area contributed by atoms with Crippen LogP contribution in [0.3, 0.4) is 0 Å². The van der Waals surface area contributed by atoms with E-state index in [1.54, 1.807) is 30.3 Å². The van der Waals surface area contributed by atoms with Crippen LogP contribution in [0.1, 0.15) is 58.8 Å². The number of nitrogens with zero attached hydrogens (tertiary/aromatic N) is 2. The van der Waals surface area contributed by atoms with Gasteiger partial charge in [-0.25, -0.2) is 4.98 Å². The number of nitrogens with two attached hydrogens (primary N) is 1. The van der Waals surface area contributed by atoms with Crippen molar-refractivity contribution in [1.29, 1.82) is 0 Å². The second kappa shape index (κ2) is 7.61. The Hall–Kier alpha value is -3.12. The summed E-state index contributed by atoms with van der Waals surface area (Å²) in [6.07, 6.45) is 4.03. The molecule has 3 aromatic rings. The van der Waals surface area contributed by atoms with Crippen molar-refractivity contribution >= 4 is 34.4 Å². The molecule has 0 saturated carbocycles. The van der Waals surface area contributed by atoms with Gasteiger partial charge in [-0.2, -0.15) is 0 Å². The van der Waals surface area contributed by atoms with Crippen LogP contribution < -0.4 is 5.73 Å². The van der Waals surface area contributed by atoms with E-state index in [-0.39, 0.29) is 23.9 Å². The van der Waals surface area contributed by atoms with Gasteiger partial charge in [0.25, 0.3) is 5.91 Å². The van der Waals surface area contributed by atoms with Crippen LogP contribution in [0.5, 0.6) is 0 Å². The van der Waals surface area contributed by atoms with Crippen molar-refractivity contribution in [2.24, 2.45) is 5.73 Å².